The van der Waals surface area contributed by atoms with Crippen LogP contribution in [0.1, 0.15) is 37.4 Å². The van der Waals surface area contributed by atoms with E-state index in [4.69, 9.17) is 10.5 Å². The van der Waals surface area contributed by atoms with Crippen LogP contribution in [0.2, 0.25) is 0 Å². The fourth-order valence-corrected chi connectivity index (χ4v) is 2.64. The van der Waals surface area contributed by atoms with Gasteiger partial charge in [-0.3, -0.25) is 0 Å². The molecule has 1 unspecified atom stereocenters. The van der Waals surface area contributed by atoms with Crippen LogP contribution in [0.4, 0.5) is 9.93 Å². The van der Waals surface area contributed by atoms with Gasteiger partial charge in [0.1, 0.15) is 5.60 Å². The minimum Gasteiger partial charge on any atom is -0.444 e. The van der Waals surface area contributed by atoms with Gasteiger partial charge in [0.05, 0.1) is 16.6 Å². The van der Waals surface area contributed by atoms with Gasteiger partial charge in [-0.25, -0.2) is 9.78 Å². The summed E-state index contributed by atoms with van der Waals surface area (Å²) in [6.45, 7) is 7.69. The van der Waals surface area contributed by atoms with Crippen LogP contribution in [0.15, 0.2) is 0 Å². The fourth-order valence-electron chi connectivity index (χ4n) is 1.59. The van der Waals surface area contributed by atoms with Gasteiger partial charge in [0.2, 0.25) is 0 Å². The molecule has 6 nitrogen and oxygen atoms in total. The normalized spacial score (nSPS) is 12.9. The van der Waals surface area contributed by atoms with Gasteiger partial charge < -0.3 is 20.7 Å². The highest BCUT2D eigenvalue weighted by molar-refractivity contribution is 7.15. The van der Waals surface area contributed by atoms with E-state index >= 15 is 0 Å². The first-order chi connectivity index (χ1) is 9.14. The van der Waals surface area contributed by atoms with E-state index in [1.165, 1.54) is 11.3 Å². The van der Waals surface area contributed by atoms with Gasteiger partial charge in [-0.15, -0.1) is 0 Å². The average Bonchev–Trinajstić information content (AvgIpc) is 2.66. The summed E-state index contributed by atoms with van der Waals surface area (Å²) in [5.41, 5.74) is 6.12. The van der Waals surface area contributed by atoms with E-state index in [-0.39, 0.29) is 6.04 Å². The van der Waals surface area contributed by atoms with Crippen LogP contribution in [0, 0.1) is 6.92 Å². The Morgan fingerprint density at radius 2 is 2.10 bits per heavy atom. The number of nitrogens with zero attached hydrogens (tertiary/aromatic N) is 2. The quantitative estimate of drug-likeness (QED) is 0.889. The number of thiazole rings is 1. The molecule has 0 aliphatic rings. The van der Waals surface area contributed by atoms with E-state index in [0.717, 1.165) is 15.7 Å². The number of amides is 1. The average molecular weight is 300 g/mol. The van der Waals surface area contributed by atoms with Gasteiger partial charge in [0.15, 0.2) is 5.13 Å². The SMILES string of the molecule is Cc1nc(N(C)C)sc1C(CN)NC(=O)OC(C)(C)C. The highest BCUT2D eigenvalue weighted by Crippen LogP contribution is 2.29. The molecule has 0 bridgehead atoms. The summed E-state index contributed by atoms with van der Waals surface area (Å²) < 4.78 is 5.25. The van der Waals surface area contributed by atoms with Crippen molar-refractivity contribution in [2.75, 3.05) is 25.5 Å². The van der Waals surface area contributed by atoms with Crippen molar-refractivity contribution in [3.63, 3.8) is 0 Å². The Balaban J connectivity index is 2.83. The summed E-state index contributed by atoms with van der Waals surface area (Å²) in [6.07, 6.45) is -0.466. The second kappa shape index (κ2) is 6.41. The Morgan fingerprint density at radius 1 is 1.50 bits per heavy atom. The van der Waals surface area contributed by atoms with Crippen LogP contribution in [0.3, 0.4) is 0 Å². The third kappa shape index (κ3) is 4.64. The number of carbonyl (C=O) groups is 1. The van der Waals surface area contributed by atoms with E-state index in [1.807, 2.05) is 46.7 Å². The number of hydrogen-bond donors (Lipinski definition) is 2. The summed E-state index contributed by atoms with van der Waals surface area (Å²) in [5.74, 6) is 0. The Bertz CT molecular complexity index is 465. The van der Waals surface area contributed by atoms with Crippen molar-refractivity contribution in [1.82, 2.24) is 10.3 Å². The zero-order valence-electron chi connectivity index (χ0n) is 13.0. The zero-order valence-corrected chi connectivity index (χ0v) is 13.8. The number of carbonyl (C=O) groups excluding carboxylic acids is 1. The van der Waals surface area contributed by atoms with E-state index in [0.29, 0.717) is 6.54 Å². The zero-order chi connectivity index (χ0) is 15.5. The lowest BCUT2D eigenvalue weighted by molar-refractivity contribution is 0.0506. The van der Waals surface area contributed by atoms with E-state index in [1.54, 1.807) is 0 Å². The van der Waals surface area contributed by atoms with Crippen LogP contribution in [0.25, 0.3) is 0 Å². The van der Waals surface area contributed by atoms with Crippen LogP contribution >= 0.6 is 11.3 Å². The van der Waals surface area contributed by atoms with Gasteiger partial charge in [-0.1, -0.05) is 11.3 Å². The van der Waals surface area contributed by atoms with Crippen LogP contribution < -0.4 is 16.0 Å². The lowest BCUT2D eigenvalue weighted by Crippen LogP contribution is -2.37. The highest BCUT2D eigenvalue weighted by atomic mass is 32.1. The number of hydrogen-bond acceptors (Lipinski definition) is 6. The molecule has 0 spiro atoms. The maximum Gasteiger partial charge on any atom is 0.408 e. The molecule has 1 amide bonds. The maximum absolute atomic E-state index is 11.8. The molecular weight excluding hydrogens is 276 g/mol. The molecule has 1 aromatic heterocycles. The van der Waals surface area contributed by atoms with Crippen molar-refractivity contribution >= 4 is 22.6 Å². The topological polar surface area (TPSA) is 80.5 Å². The van der Waals surface area contributed by atoms with Gasteiger partial charge in [0.25, 0.3) is 0 Å². The molecule has 3 N–H and O–H groups in total. The van der Waals surface area contributed by atoms with Gasteiger partial charge in [0, 0.05) is 20.6 Å². The summed E-state index contributed by atoms with van der Waals surface area (Å²) in [7, 11) is 3.86. The molecular formula is C13H24N4O2S. The van der Waals surface area contributed by atoms with Crippen LogP contribution in [0.5, 0.6) is 0 Å². The first-order valence-electron chi connectivity index (χ1n) is 6.48. The molecule has 0 aliphatic carbocycles. The molecule has 0 aliphatic heterocycles. The minimum absolute atomic E-state index is 0.281. The van der Waals surface area contributed by atoms with Crippen LogP contribution in [-0.2, 0) is 4.74 Å². The second-order valence-electron chi connectivity index (χ2n) is 5.78. The Hall–Kier alpha value is -1.34. The molecule has 1 heterocycles. The number of nitrogens with two attached hydrogens (primary N) is 1. The molecule has 7 heteroatoms. The minimum atomic E-state index is -0.527. The molecule has 1 aromatic rings. The first kappa shape index (κ1) is 16.7. The van der Waals surface area contributed by atoms with Gasteiger partial charge in [-0.2, -0.15) is 0 Å². The maximum atomic E-state index is 11.8. The van der Waals surface area contributed by atoms with E-state index in [9.17, 15) is 4.79 Å². The summed E-state index contributed by atoms with van der Waals surface area (Å²) >= 11 is 1.52. The monoisotopic (exact) mass is 300 g/mol. The molecule has 20 heavy (non-hydrogen) atoms. The number of alkyl carbamates (subject to hydrolysis) is 1. The summed E-state index contributed by atoms with van der Waals surface area (Å²) in [6, 6.07) is -0.281. The molecule has 0 fully saturated rings. The predicted molar refractivity (Wildman–Crippen MR) is 82.3 cm³/mol. The summed E-state index contributed by atoms with van der Waals surface area (Å²) in [4.78, 5) is 19.2. The number of anilines is 1. The number of nitrogens with one attached hydrogen (secondary N) is 1. The van der Waals surface area contributed by atoms with E-state index < -0.39 is 11.7 Å². The number of rotatable bonds is 4. The van der Waals surface area contributed by atoms with Gasteiger partial charge >= 0.3 is 6.09 Å². The largest absolute Gasteiger partial charge is 0.444 e. The van der Waals surface area contributed by atoms with E-state index in [2.05, 4.69) is 10.3 Å². The molecule has 114 valence electrons. The van der Waals surface area contributed by atoms with Crippen molar-refractivity contribution in [3.8, 4) is 0 Å². The molecule has 1 atom stereocenters. The van der Waals surface area contributed by atoms with Crippen molar-refractivity contribution in [2.45, 2.75) is 39.3 Å². The number of aromatic nitrogens is 1. The molecule has 0 aromatic carbocycles. The third-order valence-corrected chi connectivity index (χ3v) is 3.89. The Morgan fingerprint density at radius 3 is 2.50 bits per heavy atom. The highest BCUT2D eigenvalue weighted by Gasteiger charge is 2.23. The molecule has 1 rings (SSSR count). The predicted octanol–water partition coefficient (Wildman–Crippen LogP) is 2.04. The number of ether oxygens (including phenoxy) is 1. The molecule has 0 saturated heterocycles. The third-order valence-electron chi connectivity index (χ3n) is 2.45. The van der Waals surface area contributed by atoms with Crippen molar-refractivity contribution in [1.29, 1.82) is 0 Å². The lowest BCUT2D eigenvalue weighted by atomic mass is 10.2. The second-order valence-corrected chi connectivity index (χ2v) is 6.78. The fraction of sp³-hybridized carbons (Fsp3) is 0.692. The Labute approximate surface area is 124 Å². The van der Waals surface area contributed by atoms with Crippen molar-refractivity contribution < 1.29 is 9.53 Å². The number of aryl methyl sites for hydroxylation is 1. The van der Waals surface area contributed by atoms with Crippen molar-refractivity contribution in [2.24, 2.45) is 5.73 Å². The van der Waals surface area contributed by atoms with Crippen molar-refractivity contribution in [3.05, 3.63) is 10.6 Å². The van der Waals surface area contributed by atoms with Crippen LogP contribution in [-0.4, -0.2) is 37.3 Å². The smallest absolute Gasteiger partial charge is 0.408 e. The first-order valence-corrected chi connectivity index (χ1v) is 7.30. The summed E-state index contributed by atoms with van der Waals surface area (Å²) in [5, 5.41) is 3.69. The molecule has 0 radical (unpaired) electrons. The standard InChI is InChI=1S/C13H24N4O2S/c1-8-10(20-11(15-8)17(5)6)9(7-14)16-12(18)19-13(2,3)4/h9H,7,14H2,1-6H3,(H,16,18). The molecule has 0 saturated carbocycles. The lowest BCUT2D eigenvalue weighted by Gasteiger charge is -2.22. The van der Waals surface area contributed by atoms with Gasteiger partial charge in [-0.05, 0) is 27.7 Å². The Kier molecular flexibility index (Phi) is 5.35.